The van der Waals surface area contributed by atoms with E-state index in [9.17, 15) is 13.2 Å². The van der Waals surface area contributed by atoms with Gasteiger partial charge in [0.15, 0.2) is 0 Å². The standard InChI is InChI=1S/C13H23N3O4S/c1-10-13(11(2)16(3)15-10)21(18,19)14-9-7-5-6-8-12(17)20-4/h14H,5-9H2,1-4H3. The summed E-state index contributed by atoms with van der Waals surface area (Å²) in [5, 5.41) is 4.11. The average molecular weight is 317 g/mol. The number of carbonyl (C=O) groups excluding carboxylic acids is 1. The molecule has 0 aliphatic heterocycles. The van der Waals surface area contributed by atoms with E-state index < -0.39 is 10.0 Å². The SMILES string of the molecule is COC(=O)CCCCCNS(=O)(=O)c1c(C)nn(C)c1C. The van der Waals surface area contributed by atoms with E-state index in [1.165, 1.54) is 7.11 Å². The molecule has 1 N–H and O–H groups in total. The number of esters is 1. The highest BCUT2D eigenvalue weighted by Gasteiger charge is 2.22. The van der Waals surface area contributed by atoms with Crippen LogP contribution >= 0.6 is 0 Å². The molecule has 0 saturated heterocycles. The smallest absolute Gasteiger partial charge is 0.305 e. The lowest BCUT2D eigenvalue weighted by Gasteiger charge is -2.07. The molecule has 0 fully saturated rings. The molecular formula is C13H23N3O4S. The van der Waals surface area contributed by atoms with Crippen LogP contribution in [0.5, 0.6) is 0 Å². The second-order valence-electron chi connectivity index (χ2n) is 4.91. The molecule has 0 unspecified atom stereocenters. The van der Waals surface area contributed by atoms with Gasteiger partial charge in [0.1, 0.15) is 4.90 Å². The Hall–Kier alpha value is -1.41. The van der Waals surface area contributed by atoms with Crippen LogP contribution in [-0.2, 0) is 26.6 Å². The number of carbonyl (C=O) groups is 1. The highest BCUT2D eigenvalue weighted by Crippen LogP contribution is 2.18. The van der Waals surface area contributed by atoms with Gasteiger partial charge in [-0.1, -0.05) is 6.42 Å². The predicted octanol–water partition coefficient (Wildman–Crippen LogP) is 1.05. The quantitative estimate of drug-likeness (QED) is 0.571. The molecule has 7 nitrogen and oxygen atoms in total. The Morgan fingerprint density at radius 3 is 2.48 bits per heavy atom. The summed E-state index contributed by atoms with van der Waals surface area (Å²) in [6.45, 7) is 3.75. The van der Waals surface area contributed by atoms with Crippen molar-refractivity contribution in [3.63, 3.8) is 0 Å². The van der Waals surface area contributed by atoms with Crippen LogP contribution in [0.15, 0.2) is 4.90 Å². The summed E-state index contributed by atoms with van der Waals surface area (Å²) < 4.78 is 33.1. The zero-order chi connectivity index (χ0) is 16.0. The number of methoxy groups -OCH3 is 1. The van der Waals surface area contributed by atoms with Crippen LogP contribution in [0.1, 0.15) is 37.1 Å². The van der Waals surface area contributed by atoms with Crippen molar-refractivity contribution in [1.29, 1.82) is 0 Å². The number of ether oxygens (including phenoxy) is 1. The van der Waals surface area contributed by atoms with Gasteiger partial charge in [-0.3, -0.25) is 9.48 Å². The van der Waals surface area contributed by atoms with E-state index in [1.807, 2.05) is 0 Å². The van der Waals surface area contributed by atoms with Crippen LogP contribution in [0.3, 0.4) is 0 Å². The third-order valence-corrected chi connectivity index (χ3v) is 5.00. The van der Waals surface area contributed by atoms with E-state index in [0.717, 1.165) is 6.42 Å². The average Bonchev–Trinajstić information content (AvgIpc) is 2.67. The Labute approximate surface area is 125 Å². The second-order valence-corrected chi connectivity index (χ2v) is 6.61. The summed E-state index contributed by atoms with van der Waals surface area (Å²) in [6, 6.07) is 0. The zero-order valence-electron chi connectivity index (χ0n) is 13.0. The first-order valence-corrected chi connectivity index (χ1v) is 8.34. The minimum atomic E-state index is -3.53. The Kier molecular flexibility index (Phi) is 6.35. The van der Waals surface area contributed by atoms with Gasteiger partial charge in [0.05, 0.1) is 18.5 Å². The molecule has 1 aromatic rings. The van der Waals surface area contributed by atoms with Gasteiger partial charge < -0.3 is 4.74 Å². The van der Waals surface area contributed by atoms with Crippen molar-refractivity contribution in [3.05, 3.63) is 11.4 Å². The lowest BCUT2D eigenvalue weighted by molar-refractivity contribution is -0.140. The van der Waals surface area contributed by atoms with Gasteiger partial charge >= 0.3 is 5.97 Å². The van der Waals surface area contributed by atoms with Crippen LogP contribution < -0.4 is 4.72 Å². The highest BCUT2D eigenvalue weighted by molar-refractivity contribution is 7.89. The van der Waals surface area contributed by atoms with Crippen LogP contribution in [0.4, 0.5) is 0 Å². The summed E-state index contributed by atoms with van der Waals surface area (Å²) >= 11 is 0. The minimum absolute atomic E-state index is 0.239. The molecule has 1 rings (SSSR count). The van der Waals surface area contributed by atoms with Crippen molar-refractivity contribution in [1.82, 2.24) is 14.5 Å². The first-order chi connectivity index (χ1) is 9.79. The fraction of sp³-hybridized carbons (Fsp3) is 0.692. The lowest BCUT2D eigenvalue weighted by atomic mass is 10.2. The van der Waals surface area contributed by atoms with Gasteiger partial charge in [-0.2, -0.15) is 5.10 Å². The zero-order valence-corrected chi connectivity index (χ0v) is 13.8. The molecule has 8 heteroatoms. The number of sulfonamides is 1. The largest absolute Gasteiger partial charge is 0.469 e. The number of hydrogen-bond donors (Lipinski definition) is 1. The normalized spacial score (nSPS) is 11.6. The maximum Gasteiger partial charge on any atom is 0.305 e. The van der Waals surface area contributed by atoms with E-state index in [0.29, 0.717) is 37.2 Å². The van der Waals surface area contributed by atoms with Crippen LogP contribution in [0.2, 0.25) is 0 Å². The van der Waals surface area contributed by atoms with Gasteiger partial charge in [0.25, 0.3) is 0 Å². The van der Waals surface area contributed by atoms with E-state index in [2.05, 4.69) is 14.6 Å². The third-order valence-electron chi connectivity index (χ3n) is 3.29. The molecule has 0 amide bonds. The van der Waals surface area contributed by atoms with Crippen molar-refractivity contribution in [3.8, 4) is 0 Å². The lowest BCUT2D eigenvalue weighted by Crippen LogP contribution is -2.25. The summed E-state index contributed by atoms with van der Waals surface area (Å²) in [4.78, 5) is 11.2. The van der Waals surface area contributed by atoms with Gasteiger partial charge in [-0.15, -0.1) is 0 Å². The second kappa shape index (κ2) is 7.56. The van der Waals surface area contributed by atoms with Crippen LogP contribution in [0, 0.1) is 13.8 Å². The Morgan fingerprint density at radius 2 is 1.95 bits per heavy atom. The highest BCUT2D eigenvalue weighted by atomic mass is 32.2. The van der Waals surface area contributed by atoms with E-state index in [4.69, 9.17) is 0 Å². The van der Waals surface area contributed by atoms with Crippen molar-refractivity contribution in [2.45, 2.75) is 44.4 Å². The maximum atomic E-state index is 12.2. The molecular weight excluding hydrogens is 294 g/mol. The Bertz CT molecular complexity index is 593. The molecule has 21 heavy (non-hydrogen) atoms. The number of nitrogens with one attached hydrogen (secondary N) is 1. The van der Waals surface area contributed by atoms with E-state index in [1.54, 1.807) is 25.6 Å². The Morgan fingerprint density at radius 1 is 1.29 bits per heavy atom. The molecule has 0 spiro atoms. The summed E-state index contributed by atoms with van der Waals surface area (Å²) in [5.74, 6) is -0.239. The number of nitrogens with zero attached hydrogens (tertiary/aromatic N) is 2. The molecule has 0 bridgehead atoms. The fourth-order valence-corrected chi connectivity index (χ4v) is 3.60. The third kappa shape index (κ3) is 4.82. The van der Waals surface area contributed by atoms with Gasteiger partial charge in [-0.25, -0.2) is 13.1 Å². The Balaban J connectivity index is 2.46. The topological polar surface area (TPSA) is 90.3 Å². The monoisotopic (exact) mass is 317 g/mol. The van der Waals surface area contributed by atoms with Crippen molar-refractivity contribution in [2.75, 3.05) is 13.7 Å². The predicted molar refractivity (Wildman–Crippen MR) is 78.4 cm³/mol. The number of rotatable bonds is 8. The van der Waals surface area contributed by atoms with Crippen molar-refractivity contribution >= 4 is 16.0 Å². The van der Waals surface area contributed by atoms with Gasteiger partial charge in [-0.05, 0) is 26.7 Å². The molecule has 0 atom stereocenters. The van der Waals surface area contributed by atoms with Gasteiger partial charge in [0, 0.05) is 20.0 Å². The number of aryl methyl sites for hydroxylation is 2. The number of aromatic nitrogens is 2. The molecule has 0 saturated carbocycles. The molecule has 0 aromatic carbocycles. The number of unbranched alkanes of at least 4 members (excludes halogenated alkanes) is 2. The molecule has 0 radical (unpaired) electrons. The molecule has 120 valence electrons. The fourth-order valence-electron chi connectivity index (χ4n) is 2.09. The van der Waals surface area contributed by atoms with Crippen molar-refractivity contribution in [2.24, 2.45) is 7.05 Å². The van der Waals surface area contributed by atoms with Crippen molar-refractivity contribution < 1.29 is 17.9 Å². The van der Waals surface area contributed by atoms with E-state index >= 15 is 0 Å². The maximum absolute atomic E-state index is 12.2. The number of hydrogen-bond acceptors (Lipinski definition) is 5. The molecule has 0 aliphatic carbocycles. The first kappa shape index (κ1) is 17.6. The van der Waals surface area contributed by atoms with Gasteiger partial charge in [0.2, 0.25) is 10.0 Å². The van der Waals surface area contributed by atoms with Crippen LogP contribution in [-0.4, -0.2) is 37.8 Å². The molecule has 1 aromatic heterocycles. The molecule has 1 heterocycles. The molecule has 0 aliphatic rings. The first-order valence-electron chi connectivity index (χ1n) is 6.86. The van der Waals surface area contributed by atoms with E-state index in [-0.39, 0.29) is 10.9 Å². The summed E-state index contributed by atoms with van der Waals surface area (Å²) in [7, 11) is -0.461. The summed E-state index contributed by atoms with van der Waals surface area (Å²) in [5.41, 5.74) is 1.11. The summed E-state index contributed by atoms with van der Waals surface area (Å²) in [6.07, 6.45) is 2.50. The van der Waals surface area contributed by atoms with Crippen LogP contribution in [0.25, 0.3) is 0 Å². The minimum Gasteiger partial charge on any atom is -0.469 e.